The number of imidazole rings is 1. The molecule has 6 nitrogen and oxygen atoms in total. The fraction of sp³-hybridized carbons (Fsp3) is 0.308. The van der Waals surface area contributed by atoms with Crippen molar-refractivity contribution in [3.63, 3.8) is 0 Å². The third-order valence-electron chi connectivity index (χ3n) is 3.12. The monoisotopic (exact) mass is 295 g/mol. The molecule has 108 valence electrons. The number of nitrogens with two attached hydrogens (primary N) is 1. The second-order valence-corrected chi connectivity index (χ2v) is 6.60. The van der Waals surface area contributed by atoms with E-state index in [1.807, 2.05) is 0 Å². The normalized spacial score (nSPS) is 13.3. The number of hydrogen-bond acceptors (Lipinski definition) is 5. The summed E-state index contributed by atoms with van der Waals surface area (Å²) in [6.07, 6.45) is 3.24. The van der Waals surface area contributed by atoms with Gasteiger partial charge in [-0.25, -0.2) is 13.4 Å². The van der Waals surface area contributed by atoms with Crippen LogP contribution >= 0.6 is 0 Å². The standard InChI is InChI=1S/C13H17N3O3S/c1-10-15-6-7-16(10)12(8-17)9-20(18,19)13-4-2-11(14)3-5-13/h2-7,12,17H,8-9,14H2,1H3. The zero-order chi connectivity index (χ0) is 14.8. The number of aliphatic hydroxyl groups is 1. The van der Waals surface area contributed by atoms with E-state index in [2.05, 4.69) is 4.98 Å². The lowest BCUT2D eigenvalue weighted by Crippen LogP contribution is -2.23. The summed E-state index contributed by atoms with van der Waals surface area (Å²) in [6.45, 7) is 1.49. The summed E-state index contributed by atoms with van der Waals surface area (Å²) in [4.78, 5) is 4.24. The Kier molecular flexibility index (Phi) is 4.10. The Bertz CT molecular complexity index is 677. The van der Waals surface area contributed by atoms with Crippen LogP contribution in [0.25, 0.3) is 0 Å². The number of rotatable bonds is 5. The molecular formula is C13H17N3O3S. The van der Waals surface area contributed by atoms with E-state index in [4.69, 9.17) is 5.73 Å². The van der Waals surface area contributed by atoms with Gasteiger partial charge < -0.3 is 15.4 Å². The first kappa shape index (κ1) is 14.5. The molecule has 2 aromatic rings. The molecule has 1 aromatic carbocycles. The van der Waals surface area contributed by atoms with Crippen LogP contribution in [0.1, 0.15) is 11.9 Å². The highest BCUT2D eigenvalue weighted by molar-refractivity contribution is 7.91. The number of nitrogen functional groups attached to an aromatic ring is 1. The number of nitrogens with zero attached hydrogens (tertiary/aromatic N) is 2. The zero-order valence-corrected chi connectivity index (χ0v) is 11.9. The highest BCUT2D eigenvalue weighted by Gasteiger charge is 2.22. The molecule has 1 aromatic heterocycles. The number of sulfone groups is 1. The number of aromatic nitrogens is 2. The Hall–Kier alpha value is -1.86. The number of anilines is 1. The van der Waals surface area contributed by atoms with E-state index in [1.54, 1.807) is 36.0 Å². The predicted molar refractivity (Wildman–Crippen MR) is 76.0 cm³/mol. The molecule has 0 aliphatic carbocycles. The highest BCUT2D eigenvalue weighted by atomic mass is 32.2. The smallest absolute Gasteiger partial charge is 0.180 e. The van der Waals surface area contributed by atoms with Crippen LogP contribution in [0.4, 0.5) is 5.69 Å². The summed E-state index contributed by atoms with van der Waals surface area (Å²) in [6, 6.07) is 5.48. The zero-order valence-electron chi connectivity index (χ0n) is 11.1. The van der Waals surface area contributed by atoms with Gasteiger partial charge in [0.25, 0.3) is 0 Å². The minimum absolute atomic E-state index is 0.190. The topological polar surface area (TPSA) is 98.2 Å². The van der Waals surface area contributed by atoms with E-state index >= 15 is 0 Å². The van der Waals surface area contributed by atoms with Crippen LogP contribution in [0.2, 0.25) is 0 Å². The molecule has 0 amide bonds. The molecule has 0 bridgehead atoms. The number of aryl methyl sites for hydroxylation is 1. The fourth-order valence-corrected chi connectivity index (χ4v) is 3.53. The molecule has 0 aliphatic rings. The summed E-state index contributed by atoms with van der Waals surface area (Å²) < 4.78 is 26.3. The molecule has 2 rings (SSSR count). The molecule has 0 saturated carbocycles. The Morgan fingerprint density at radius 2 is 2.00 bits per heavy atom. The average Bonchev–Trinajstić information content (AvgIpc) is 2.83. The van der Waals surface area contributed by atoms with Crippen LogP contribution in [0.15, 0.2) is 41.6 Å². The first-order valence-electron chi connectivity index (χ1n) is 6.12. The SMILES string of the molecule is Cc1nccn1C(CO)CS(=O)(=O)c1ccc(N)cc1. The van der Waals surface area contributed by atoms with E-state index in [0.717, 1.165) is 0 Å². The summed E-state index contributed by atoms with van der Waals surface area (Å²) >= 11 is 0. The summed E-state index contributed by atoms with van der Waals surface area (Å²) in [7, 11) is -3.50. The van der Waals surface area contributed by atoms with Crippen LogP contribution in [0, 0.1) is 6.92 Å². The van der Waals surface area contributed by atoms with Crippen molar-refractivity contribution in [2.24, 2.45) is 0 Å². The van der Waals surface area contributed by atoms with Crippen LogP contribution in [-0.2, 0) is 9.84 Å². The predicted octanol–water partition coefficient (Wildman–Crippen LogP) is 0.781. The van der Waals surface area contributed by atoms with Crippen LogP contribution in [0.5, 0.6) is 0 Å². The lowest BCUT2D eigenvalue weighted by Gasteiger charge is -2.17. The van der Waals surface area contributed by atoms with Crippen molar-refractivity contribution in [2.75, 3.05) is 18.1 Å². The Morgan fingerprint density at radius 1 is 1.35 bits per heavy atom. The lowest BCUT2D eigenvalue weighted by molar-refractivity contribution is 0.238. The molecular weight excluding hydrogens is 278 g/mol. The van der Waals surface area contributed by atoms with Gasteiger partial charge in [-0.1, -0.05) is 0 Å². The van der Waals surface area contributed by atoms with Gasteiger partial charge in [-0.15, -0.1) is 0 Å². The molecule has 0 fully saturated rings. The van der Waals surface area contributed by atoms with Crippen molar-refractivity contribution >= 4 is 15.5 Å². The molecule has 0 aliphatic heterocycles. The maximum absolute atomic E-state index is 12.3. The van der Waals surface area contributed by atoms with Crippen molar-refractivity contribution in [3.05, 3.63) is 42.5 Å². The molecule has 0 saturated heterocycles. The van der Waals surface area contributed by atoms with Crippen molar-refractivity contribution in [3.8, 4) is 0 Å². The highest BCUT2D eigenvalue weighted by Crippen LogP contribution is 2.19. The van der Waals surface area contributed by atoms with Gasteiger partial charge in [0.05, 0.1) is 23.3 Å². The maximum atomic E-state index is 12.3. The molecule has 1 unspecified atom stereocenters. The van der Waals surface area contributed by atoms with E-state index in [9.17, 15) is 13.5 Å². The minimum atomic E-state index is -3.50. The van der Waals surface area contributed by atoms with E-state index < -0.39 is 15.9 Å². The number of hydrogen-bond donors (Lipinski definition) is 2. The van der Waals surface area contributed by atoms with Gasteiger partial charge >= 0.3 is 0 Å². The lowest BCUT2D eigenvalue weighted by atomic mass is 10.3. The summed E-state index contributed by atoms with van der Waals surface area (Å²) in [5, 5.41) is 9.44. The van der Waals surface area contributed by atoms with Crippen LogP contribution in [0.3, 0.4) is 0 Å². The number of benzene rings is 1. The molecule has 1 atom stereocenters. The largest absolute Gasteiger partial charge is 0.399 e. The maximum Gasteiger partial charge on any atom is 0.180 e. The molecule has 1 heterocycles. The van der Waals surface area contributed by atoms with E-state index in [1.165, 1.54) is 12.1 Å². The van der Waals surface area contributed by atoms with Gasteiger partial charge in [-0.3, -0.25) is 0 Å². The second-order valence-electron chi connectivity index (χ2n) is 4.57. The average molecular weight is 295 g/mol. The number of aliphatic hydroxyl groups excluding tert-OH is 1. The van der Waals surface area contributed by atoms with Gasteiger partial charge in [0.15, 0.2) is 9.84 Å². The van der Waals surface area contributed by atoms with Crippen LogP contribution < -0.4 is 5.73 Å². The van der Waals surface area contributed by atoms with Crippen molar-refractivity contribution < 1.29 is 13.5 Å². The Morgan fingerprint density at radius 3 is 2.50 bits per heavy atom. The van der Waals surface area contributed by atoms with Crippen LogP contribution in [-0.4, -0.2) is 35.4 Å². The summed E-state index contributed by atoms with van der Waals surface area (Å²) in [5.74, 6) is 0.474. The summed E-state index contributed by atoms with van der Waals surface area (Å²) in [5.41, 5.74) is 6.05. The quantitative estimate of drug-likeness (QED) is 0.794. The van der Waals surface area contributed by atoms with Gasteiger partial charge in [0, 0.05) is 18.1 Å². The van der Waals surface area contributed by atoms with E-state index in [-0.39, 0.29) is 17.3 Å². The second kappa shape index (κ2) is 5.64. The molecule has 7 heteroatoms. The van der Waals surface area contributed by atoms with Gasteiger partial charge in [0.2, 0.25) is 0 Å². The van der Waals surface area contributed by atoms with Gasteiger partial charge in [-0.2, -0.15) is 0 Å². The third kappa shape index (κ3) is 3.00. The Labute approximate surface area is 117 Å². The minimum Gasteiger partial charge on any atom is -0.399 e. The molecule has 20 heavy (non-hydrogen) atoms. The van der Waals surface area contributed by atoms with Crippen molar-refractivity contribution in [2.45, 2.75) is 17.9 Å². The molecule has 0 radical (unpaired) electrons. The fourth-order valence-electron chi connectivity index (χ4n) is 2.02. The molecule has 0 spiro atoms. The van der Waals surface area contributed by atoms with Gasteiger partial charge in [-0.05, 0) is 31.2 Å². The van der Waals surface area contributed by atoms with E-state index in [0.29, 0.717) is 11.5 Å². The van der Waals surface area contributed by atoms with Gasteiger partial charge in [0.1, 0.15) is 5.82 Å². The Balaban J connectivity index is 2.27. The van der Waals surface area contributed by atoms with Crippen molar-refractivity contribution in [1.82, 2.24) is 9.55 Å². The first-order valence-corrected chi connectivity index (χ1v) is 7.78. The van der Waals surface area contributed by atoms with Crippen molar-refractivity contribution in [1.29, 1.82) is 0 Å². The first-order chi connectivity index (χ1) is 9.44. The molecule has 3 N–H and O–H groups in total. The third-order valence-corrected chi connectivity index (χ3v) is 4.93.